The Labute approximate surface area is 124 Å². The van der Waals surface area contributed by atoms with Crippen molar-refractivity contribution in [3.8, 4) is 0 Å². The minimum atomic E-state index is 0.604. The molecule has 1 nitrogen and oxygen atoms in total. The molecule has 2 N–H and O–H groups in total. The molecule has 0 atom stereocenters. The van der Waals surface area contributed by atoms with Crippen LogP contribution >= 0.6 is 23.5 Å². The fourth-order valence-electron chi connectivity index (χ4n) is 2.00. The predicted molar refractivity (Wildman–Crippen MR) is 86.9 cm³/mol. The normalized spacial score (nSPS) is 10.7. The molecule has 0 saturated heterocycles. The largest absolute Gasteiger partial charge is 0.326 e. The first-order valence-corrected chi connectivity index (χ1v) is 8.50. The lowest BCUT2D eigenvalue weighted by Crippen LogP contribution is -2.00. The lowest BCUT2D eigenvalue weighted by Gasteiger charge is -2.12. The first-order chi connectivity index (χ1) is 9.26. The number of rotatable bonds is 5. The van der Waals surface area contributed by atoms with Crippen LogP contribution in [0.4, 0.5) is 0 Å². The maximum absolute atomic E-state index is 5.90. The van der Waals surface area contributed by atoms with Crippen LogP contribution in [-0.2, 0) is 12.3 Å². The summed E-state index contributed by atoms with van der Waals surface area (Å²) in [4.78, 5) is 2.59. The quantitative estimate of drug-likeness (QED) is 0.823. The fourth-order valence-corrected chi connectivity index (χ4v) is 3.90. The van der Waals surface area contributed by atoms with Crippen molar-refractivity contribution in [2.24, 2.45) is 5.73 Å². The van der Waals surface area contributed by atoms with Crippen LogP contribution < -0.4 is 5.73 Å². The van der Waals surface area contributed by atoms with Crippen molar-refractivity contribution >= 4 is 23.5 Å². The summed E-state index contributed by atoms with van der Waals surface area (Å²) in [6, 6.07) is 15.0. The molecule has 0 heterocycles. The molecule has 3 heteroatoms. The zero-order valence-electron chi connectivity index (χ0n) is 11.3. The van der Waals surface area contributed by atoms with E-state index in [-0.39, 0.29) is 0 Å². The molecule has 0 radical (unpaired) electrons. The van der Waals surface area contributed by atoms with Gasteiger partial charge in [0.15, 0.2) is 0 Å². The van der Waals surface area contributed by atoms with Gasteiger partial charge in [0.1, 0.15) is 0 Å². The van der Waals surface area contributed by atoms with Crippen LogP contribution in [-0.4, -0.2) is 6.26 Å². The maximum Gasteiger partial charge on any atom is 0.0234 e. The lowest BCUT2D eigenvalue weighted by atomic mass is 10.1. The molecular formula is C16H19NS2. The Bertz CT molecular complexity index is 552. The number of aryl methyl sites for hydroxylation is 1. The highest BCUT2D eigenvalue weighted by atomic mass is 32.2. The third-order valence-corrected chi connectivity index (χ3v) is 5.13. The molecule has 2 aromatic carbocycles. The minimum Gasteiger partial charge on any atom is -0.326 e. The summed E-state index contributed by atoms with van der Waals surface area (Å²) < 4.78 is 0. The molecule has 0 aliphatic carbocycles. The summed E-state index contributed by atoms with van der Waals surface area (Å²) in [6.45, 7) is 2.77. The zero-order chi connectivity index (χ0) is 13.7. The average Bonchev–Trinajstić information content (AvgIpc) is 2.45. The smallest absolute Gasteiger partial charge is 0.0234 e. The Morgan fingerprint density at radius 1 is 1.00 bits per heavy atom. The summed E-state index contributed by atoms with van der Waals surface area (Å²) in [5, 5.41) is 0. The van der Waals surface area contributed by atoms with Gasteiger partial charge in [-0.2, -0.15) is 0 Å². The molecule has 0 aliphatic rings. The molecule has 0 aliphatic heterocycles. The van der Waals surface area contributed by atoms with Crippen LogP contribution in [0.15, 0.2) is 52.3 Å². The highest BCUT2D eigenvalue weighted by Gasteiger charge is 2.07. The van der Waals surface area contributed by atoms with Crippen molar-refractivity contribution in [1.82, 2.24) is 0 Å². The van der Waals surface area contributed by atoms with Gasteiger partial charge in [0, 0.05) is 22.1 Å². The molecule has 19 heavy (non-hydrogen) atoms. The predicted octanol–water partition coefficient (Wildman–Crippen LogP) is 4.47. The fraction of sp³-hybridized carbons (Fsp3) is 0.250. The summed E-state index contributed by atoms with van der Waals surface area (Å²) in [5.74, 6) is 0.998. The minimum absolute atomic E-state index is 0.604. The van der Waals surface area contributed by atoms with Crippen LogP contribution in [0, 0.1) is 6.92 Å². The molecule has 0 amide bonds. The molecule has 0 bridgehead atoms. The Morgan fingerprint density at radius 2 is 1.74 bits per heavy atom. The van der Waals surface area contributed by atoms with Gasteiger partial charge in [0.05, 0.1) is 0 Å². The maximum atomic E-state index is 5.90. The molecular weight excluding hydrogens is 270 g/mol. The Hall–Kier alpha value is -0.900. The average molecular weight is 289 g/mol. The van der Waals surface area contributed by atoms with Gasteiger partial charge in [-0.15, -0.1) is 23.5 Å². The van der Waals surface area contributed by atoms with Gasteiger partial charge in [-0.1, -0.05) is 30.3 Å². The van der Waals surface area contributed by atoms with Crippen molar-refractivity contribution < 1.29 is 0 Å². The molecule has 0 spiro atoms. The van der Waals surface area contributed by atoms with Gasteiger partial charge in [0.2, 0.25) is 0 Å². The van der Waals surface area contributed by atoms with Gasteiger partial charge in [-0.05, 0) is 42.0 Å². The van der Waals surface area contributed by atoms with Crippen LogP contribution in [0.5, 0.6) is 0 Å². The summed E-state index contributed by atoms with van der Waals surface area (Å²) in [6.07, 6.45) is 2.10. The zero-order valence-corrected chi connectivity index (χ0v) is 13.0. The van der Waals surface area contributed by atoms with E-state index in [0.717, 1.165) is 5.75 Å². The molecule has 2 rings (SSSR count). The van der Waals surface area contributed by atoms with Crippen LogP contribution in [0.1, 0.15) is 16.7 Å². The molecule has 2 aromatic rings. The van der Waals surface area contributed by atoms with Gasteiger partial charge >= 0.3 is 0 Å². The molecule has 0 fully saturated rings. The molecule has 100 valence electrons. The SMILES string of the molecule is CSc1cccc(SCc2ccccc2C)c1CN. The monoisotopic (exact) mass is 289 g/mol. The first-order valence-electron chi connectivity index (χ1n) is 6.29. The van der Waals surface area contributed by atoms with Gasteiger partial charge in [0.25, 0.3) is 0 Å². The number of hydrogen-bond donors (Lipinski definition) is 1. The van der Waals surface area contributed by atoms with E-state index in [1.807, 2.05) is 11.8 Å². The van der Waals surface area contributed by atoms with Crippen LogP contribution in [0.2, 0.25) is 0 Å². The number of thioether (sulfide) groups is 2. The Kier molecular flexibility index (Phi) is 5.37. The third kappa shape index (κ3) is 3.56. The van der Waals surface area contributed by atoms with Crippen LogP contribution in [0.3, 0.4) is 0 Å². The van der Waals surface area contributed by atoms with Crippen molar-refractivity contribution in [2.75, 3.05) is 6.26 Å². The second kappa shape index (κ2) is 7.04. The Balaban J connectivity index is 2.18. The molecule has 0 unspecified atom stereocenters. The van der Waals surface area contributed by atoms with E-state index >= 15 is 0 Å². The van der Waals surface area contributed by atoms with E-state index in [4.69, 9.17) is 5.73 Å². The second-order valence-electron chi connectivity index (χ2n) is 4.36. The summed E-state index contributed by atoms with van der Waals surface area (Å²) >= 11 is 3.64. The van der Waals surface area contributed by atoms with Gasteiger partial charge in [-0.25, -0.2) is 0 Å². The van der Waals surface area contributed by atoms with E-state index in [9.17, 15) is 0 Å². The number of benzene rings is 2. The highest BCUT2D eigenvalue weighted by Crippen LogP contribution is 2.32. The molecule has 0 aromatic heterocycles. The van der Waals surface area contributed by atoms with E-state index in [1.54, 1.807) is 11.8 Å². The van der Waals surface area contributed by atoms with E-state index in [2.05, 4.69) is 55.6 Å². The van der Waals surface area contributed by atoms with Gasteiger partial charge < -0.3 is 5.73 Å². The standard InChI is InChI=1S/C16H19NS2/c1-12-6-3-4-7-13(12)11-19-16-9-5-8-15(18-2)14(16)10-17/h3-9H,10-11,17H2,1-2H3. The number of hydrogen-bond acceptors (Lipinski definition) is 3. The molecule has 0 saturated carbocycles. The van der Waals surface area contributed by atoms with Crippen molar-refractivity contribution in [3.63, 3.8) is 0 Å². The Morgan fingerprint density at radius 3 is 2.42 bits per heavy atom. The van der Waals surface area contributed by atoms with E-state index in [0.29, 0.717) is 6.54 Å². The summed E-state index contributed by atoms with van der Waals surface area (Å²) in [5.41, 5.74) is 9.92. The number of nitrogens with two attached hydrogens (primary N) is 1. The van der Waals surface area contributed by atoms with Crippen molar-refractivity contribution in [3.05, 3.63) is 59.2 Å². The topological polar surface area (TPSA) is 26.0 Å². The first kappa shape index (κ1) is 14.5. The highest BCUT2D eigenvalue weighted by molar-refractivity contribution is 7.99. The van der Waals surface area contributed by atoms with Crippen LogP contribution in [0.25, 0.3) is 0 Å². The van der Waals surface area contributed by atoms with Crippen molar-refractivity contribution in [2.45, 2.75) is 29.0 Å². The van der Waals surface area contributed by atoms with E-state index < -0.39 is 0 Å². The van der Waals surface area contributed by atoms with Crippen molar-refractivity contribution in [1.29, 1.82) is 0 Å². The lowest BCUT2D eigenvalue weighted by molar-refractivity contribution is 0.980. The van der Waals surface area contributed by atoms with E-state index in [1.165, 1.54) is 26.5 Å². The second-order valence-corrected chi connectivity index (χ2v) is 6.22. The van der Waals surface area contributed by atoms with Gasteiger partial charge in [-0.3, -0.25) is 0 Å². The summed E-state index contributed by atoms with van der Waals surface area (Å²) in [7, 11) is 0. The third-order valence-electron chi connectivity index (χ3n) is 3.16.